The molecular formula is C15H16ClN3O4S. The minimum atomic E-state index is -3.12. The van der Waals surface area contributed by atoms with Gasteiger partial charge in [-0.1, -0.05) is 11.6 Å². The predicted octanol–water partition coefficient (Wildman–Crippen LogP) is 0.743. The Morgan fingerprint density at radius 1 is 1.46 bits per heavy atom. The predicted molar refractivity (Wildman–Crippen MR) is 90.8 cm³/mol. The van der Waals surface area contributed by atoms with Crippen LogP contribution in [0, 0.1) is 0 Å². The van der Waals surface area contributed by atoms with Crippen molar-refractivity contribution in [3.05, 3.63) is 39.9 Å². The normalized spacial score (nSPS) is 22.6. The van der Waals surface area contributed by atoms with Crippen molar-refractivity contribution in [1.29, 1.82) is 0 Å². The van der Waals surface area contributed by atoms with Gasteiger partial charge in [-0.05, 0) is 31.5 Å². The van der Waals surface area contributed by atoms with E-state index in [1.54, 1.807) is 19.1 Å². The number of nitrogens with zero attached hydrogens (tertiary/aromatic N) is 2. The number of aromatic nitrogens is 2. The van der Waals surface area contributed by atoms with Gasteiger partial charge in [-0.25, -0.2) is 13.4 Å². The van der Waals surface area contributed by atoms with Gasteiger partial charge in [-0.3, -0.25) is 14.2 Å². The second kappa shape index (κ2) is 5.86. The van der Waals surface area contributed by atoms with Crippen molar-refractivity contribution in [2.75, 3.05) is 11.5 Å². The number of hydrogen-bond acceptors (Lipinski definition) is 5. The monoisotopic (exact) mass is 369 g/mol. The third-order valence-corrected chi connectivity index (χ3v) is 6.18. The summed E-state index contributed by atoms with van der Waals surface area (Å²) >= 11 is 5.90. The number of carbonyl (C=O) groups is 1. The van der Waals surface area contributed by atoms with Crippen LogP contribution in [-0.4, -0.2) is 40.9 Å². The first-order valence-corrected chi connectivity index (χ1v) is 9.54. The number of carbonyl (C=O) groups excluding carboxylic acids is 1. The molecule has 1 aromatic heterocycles. The molecule has 0 radical (unpaired) electrons. The van der Waals surface area contributed by atoms with Crippen LogP contribution >= 0.6 is 11.6 Å². The van der Waals surface area contributed by atoms with Crippen LogP contribution in [0.3, 0.4) is 0 Å². The minimum Gasteiger partial charge on any atom is -0.348 e. The van der Waals surface area contributed by atoms with E-state index >= 15 is 0 Å². The van der Waals surface area contributed by atoms with Gasteiger partial charge < -0.3 is 5.32 Å². The molecule has 1 aliphatic heterocycles. The second-order valence-corrected chi connectivity index (χ2v) is 8.91. The van der Waals surface area contributed by atoms with E-state index in [-0.39, 0.29) is 23.6 Å². The van der Waals surface area contributed by atoms with Crippen LogP contribution in [0.4, 0.5) is 0 Å². The van der Waals surface area contributed by atoms with Crippen LogP contribution in [0.2, 0.25) is 5.02 Å². The van der Waals surface area contributed by atoms with E-state index in [0.29, 0.717) is 22.3 Å². The van der Waals surface area contributed by atoms with Crippen molar-refractivity contribution in [3.63, 3.8) is 0 Å². The Morgan fingerprint density at radius 3 is 2.88 bits per heavy atom. The van der Waals surface area contributed by atoms with Crippen LogP contribution in [0.25, 0.3) is 10.9 Å². The number of benzene rings is 1. The number of nitrogens with one attached hydrogen (secondary N) is 1. The Bertz CT molecular complexity index is 986. The first-order valence-electron chi connectivity index (χ1n) is 7.34. The van der Waals surface area contributed by atoms with E-state index in [2.05, 4.69) is 10.3 Å². The Labute approximate surface area is 143 Å². The zero-order valence-electron chi connectivity index (χ0n) is 13.0. The SMILES string of the molecule is C[C@@]1(NC(=O)Cn2cnc3ccc(Cl)cc3c2=O)CCS(=O)(=O)C1. The molecule has 24 heavy (non-hydrogen) atoms. The van der Waals surface area contributed by atoms with Gasteiger partial charge in [-0.2, -0.15) is 0 Å². The third-order valence-electron chi connectivity index (χ3n) is 4.04. The van der Waals surface area contributed by atoms with Crippen molar-refractivity contribution in [2.45, 2.75) is 25.4 Å². The fraction of sp³-hybridized carbons (Fsp3) is 0.400. The minimum absolute atomic E-state index is 0.0553. The summed E-state index contributed by atoms with van der Waals surface area (Å²) in [7, 11) is -3.12. The van der Waals surface area contributed by atoms with Gasteiger partial charge in [0.25, 0.3) is 5.56 Å². The highest BCUT2D eigenvalue weighted by molar-refractivity contribution is 7.91. The molecular weight excluding hydrogens is 354 g/mol. The molecule has 0 spiro atoms. The van der Waals surface area contributed by atoms with Gasteiger partial charge in [0.1, 0.15) is 6.54 Å². The zero-order valence-corrected chi connectivity index (χ0v) is 14.5. The van der Waals surface area contributed by atoms with Gasteiger partial charge >= 0.3 is 0 Å². The molecule has 0 bridgehead atoms. The summed E-state index contributed by atoms with van der Waals surface area (Å²) in [5.74, 6) is -0.466. The smallest absolute Gasteiger partial charge is 0.261 e. The summed E-state index contributed by atoms with van der Waals surface area (Å²) < 4.78 is 24.4. The van der Waals surface area contributed by atoms with Crippen molar-refractivity contribution in [2.24, 2.45) is 0 Å². The number of sulfone groups is 1. The van der Waals surface area contributed by atoms with E-state index in [1.807, 2.05) is 0 Å². The summed E-state index contributed by atoms with van der Waals surface area (Å²) in [6.45, 7) is 1.46. The summed E-state index contributed by atoms with van der Waals surface area (Å²) in [6, 6.07) is 4.77. The molecule has 1 aliphatic rings. The zero-order chi connectivity index (χ0) is 17.5. The summed E-state index contributed by atoms with van der Waals surface area (Å²) in [6.07, 6.45) is 1.66. The van der Waals surface area contributed by atoms with Crippen LogP contribution in [-0.2, 0) is 21.2 Å². The van der Waals surface area contributed by atoms with E-state index in [9.17, 15) is 18.0 Å². The first kappa shape index (κ1) is 16.9. The Hall–Kier alpha value is -1.93. The maximum Gasteiger partial charge on any atom is 0.261 e. The van der Waals surface area contributed by atoms with Gasteiger partial charge in [-0.15, -0.1) is 0 Å². The number of hydrogen-bond donors (Lipinski definition) is 1. The average Bonchev–Trinajstić information content (AvgIpc) is 2.76. The van der Waals surface area contributed by atoms with Gasteiger partial charge in [0.15, 0.2) is 9.84 Å². The van der Waals surface area contributed by atoms with Crippen LogP contribution in [0.1, 0.15) is 13.3 Å². The van der Waals surface area contributed by atoms with Crippen molar-refractivity contribution in [3.8, 4) is 0 Å². The first-order chi connectivity index (χ1) is 11.2. The molecule has 1 fully saturated rings. The Balaban J connectivity index is 1.81. The topological polar surface area (TPSA) is 98.1 Å². The largest absolute Gasteiger partial charge is 0.348 e. The van der Waals surface area contributed by atoms with Gasteiger partial charge in [0, 0.05) is 5.02 Å². The van der Waals surface area contributed by atoms with Crippen molar-refractivity contribution >= 4 is 38.2 Å². The number of fused-ring (bicyclic) bond motifs is 1. The molecule has 2 heterocycles. The quantitative estimate of drug-likeness (QED) is 0.860. The molecule has 7 nitrogen and oxygen atoms in total. The average molecular weight is 370 g/mol. The molecule has 0 aliphatic carbocycles. The van der Waals surface area contributed by atoms with Crippen molar-refractivity contribution < 1.29 is 13.2 Å². The highest BCUT2D eigenvalue weighted by atomic mass is 35.5. The Kier molecular flexibility index (Phi) is 4.13. The van der Waals surface area contributed by atoms with E-state index in [1.165, 1.54) is 17.0 Å². The molecule has 1 amide bonds. The lowest BCUT2D eigenvalue weighted by molar-refractivity contribution is -0.123. The molecule has 0 saturated carbocycles. The molecule has 9 heteroatoms. The Morgan fingerprint density at radius 2 is 2.21 bits per heavy atom. The maximum absolute atomic E-state index is 12.4. The van der Waals surface area contributed by atoms with E-state index in [0.717, 1.165) is 0 Å². The van der Waals surface area contributed by atoms with E-state index in [4.69, 9.17) is 11.6 Å². The summed E-state index contributed by atoms with van der Waals surface area (Å²) in [5, 5.41) is 3.45. The van der Waals surface area contributed by atoms with Crippen molar-refractivity contribution in [1.82, 2.24) is 14.9 Å². The van der Waals surface area contributed by atoms with Crippen LogP contribution < -0.4 is 10.9 Å². The van der Waals surface area contributed by atoms with Crippen LogP contribution in [0.5, 0.6) is 0 Å². The van der Waals surface area contributed by atoms with Gasteiger partial charge in [0.05, 0.1) is 34.3 Å². The molecule has 3 rings (SSSR count). The second-order valence-electron chi connectivity index (χ2n) is 6.29. The van der Waals surface area contributed by atoms with E-state index < -0.39 is 21.3 Å². The fourth-order valence-corrected chi connectivity index (χ4v) is 5.15. The highest BCUT2D eigenvalue weighted by Crippen LogP contribution is 2.22. The standard InChI is InChI=1S/C15H16ClN3O4S/c1-15(4-5-24(22,23)8-15)18-13(20)7-19-9-17-12-3-2-10(16)6-11(12)14(19)21/h2-3,6,9H,4-5,7-8H2,1H3,(H,18,20)/t15-/m1/s1. The summed E-state index contributed by atoms with van der Waals surface area (Å²) in [5.41, 5.74) is -0.677. The lowest BCUT2D eigenvalue weighted by Gasteiger charge is -2.24. The van der Waals surface area contributed by atoms with Gasteiger partial charge in [0.2, 0.25) is 5.91 Å². The van der Waals surface area contributed by atoms with Crippen LogP contribution in [0.15, 0.2) is 29.3 Å². The lowest BCUT2D eigenvalue weighted by atomic mass is 10.0. The molecule has 1 atom stereocenters. The highest BCUT2D eigenvalue weighted by Gasteiger charge is 2.39. The molecule has 1 saturated heterocycles. The summed E-state index contributed by atoms with van der Waals surface area (Å²) in [4.78, 5) is 28.8. The molecule has 0 unspecified atom stereocenters. The fourth-order valence-electron chi connectivity index (χ4n) is 2.88. The molecule has 1 aromatic carbocycles. The lowest BCUT2D eigenvalue weighted by Crippen LogP contribution is -2.48. The third kappa shape index (κ3) is 3.44. The molecule has 2 aromatic rings. The maximum atomic E-state index is 12.4. The number of amides is 1. The molecule has 1 N–H and O–H groups in total. The number of halogens is 1. The molecule has 128 valence electrons. The number of rotatable bonds is 3.